The largest absolute Gasteiger partial charge is 0.497 e. The van der Waals surface area contributed by atoms with Gasteiger partial charge in [-0.25, -0.2) is 27.4 Å². The van der Waals surface area contributed by atoms with Gasteiger partial charge in [0.1, 0.15) is 24.4 Å². The molecule has 1 fully saturated rings. The molecular weight excluding hydrogens is 533 g/mol. The number of carbonyl (C=O) groups excluding carboxylic acids is 1. The molecule has 1 atom stereocenters. The number of amides is 1. The average molecular weight is 562 g/mol. The summed E-state index contributed by atoms with van der Waals surface area (Å²) in [5.74, 6) is 1.44. The molecule has 1 aliphatic rings. The molecule has 4 rings (SSSR count). The summed E-state index contributed by atoms with van der Waals surface area (Å²) >= 11 is 0. The summed E-state index contributed by atoms with van der Waals surface area (Å²) in [5.41, 5.74) is 0.954. The Morgan fingerprint density at radius 2 is 1.98 bits per heavy atom. The Morgan fingerprint density at radius 1 is 1.23 bits per heavy atom. The Hall–Kier alpha value is -3.75. The third-order valence-electron chi connectivity index (χ3n) is 7.45. The second-order valence-electron chi connectivity index (χ2n) is 9.77. The third kappa shape index (κ3) is 6.18. The molecule has 0 radical (unpaired) electrons. The van der Waals surface area contributed by atoms with Crippen LogP contribution in [0.25, 0.3) is 10.9 Å². The number of aromatic nitrogens is 1. The topological polar surface area (TPSA) is 74.7 Å². The summed E-state index contributed by atoms with van der Waals surface area (Å²) in [6, 6.07) is 6.18. The Balaban J connectivity index is 1.47. The van der Waals surface area contributed by atoms with Gasteiger partial charge in [0.2, 0.25) is 5.91 Å². The highest BCUT2D eigenvalue weighted by molar-refractivity contribution is 5.85. The fraction of sp³-hybridized carbons (Fsp3) is 0.379. The van der Waals surface area contributed by atoms with Gasteiger partial charge in [-0.05, 0) is 49.9 Å². The summed E-state index contributed by atoms with van der Waals surface area (Å²) in [7, 11) is 1.47. The van der Waals surface area contributed by atoms with Crippen LogP contribution < -0.4 is 10.2 Å². The maximum Gasteiger partial charge on any atom is 0.249 e. The van der Waals surface area contributed by atoms with Crippen molar-refractivity contribution in [2.75, 3.05) is 26.7 Å². The Kier molecular flexibility index (Phi) is 9.22. The monoisotopic (exact) mass is 561 g/mol. The van der Waals surface area contributed by atoms with Crippen molar-refractivity contribution >= 4 is 16.8 Å². The number of likely N-dealkylation sites (tertiary alicyclic amines) is 1. The summed E-state index contributed by atoms with van der Waals surface area (Å²) in [6.45, 7) is -0.0700. The fourth-order valence-electron chi connectivity index (χ4n) is 5.13. The number of nitrogens with one attached hydrogen (secondary N) is 1. The molecule has 212 valence electrons. The first kappa shape index (κ1) is 29.2. The number of halogens is 5. The van der Waals surface area contributed by atoms with Crippen molar-refractivity contribution in [3.63, 3.8) is 0 Å². The number of carbonyl (C=O) groups is 1. The molecule has 2 aromatic carbocycles. The first-order valence-electron chi connectivity index (χ1n) is 12.7. The van der Waals surface area contributed by atoms with Crippen LogP contribution in [0.5, 0.6) is 5.75 Å². The third-order valence-corrected chi connectivity index (χ3v) is 7.45. The van der Waals surface area contributed by atoms with Crippen LogP contribution in [0.15, 0.2) is 36.5 Å². The van der Waals surface area contributed by atoms with E-state index in [1.165, 1.54) is 13.3 Å². The van der Waals surface area contributed by atoms with Gasteiger partial charge in [0, 0.05) is 41.9 Å². The van der Waals surface area contributed by atoms with Crippen LogP contribution in [0.4, 0.5) is 22.0 Å². The highest BCUT2D eigenvalue weighted by Gasteiger charge is 2.41. The second-order valence-corrected chi connectivity index (χ2v) is 9.77. The van der Waals surface area contributed by atoms with Crippen molar-refractivity contribution in [2.24, 2.45) is 5.41 Å². The number of hydrogen-bond acceptors (Lipinski definition) is 5. The van der Waals surface area contributed by atoms with Gasteiger partial charge in [0.25, 0.3) is 0 Å². The lowest BCUT2D eigenvalue weighted by Crippen LogP contribution is -2.48. The van der Waals surface area contributed by atoms with E-state index in [-0.39, 0.29) is 43.4 Å². The number of rotatable bonds is 8. The van der Waals surface area contributed by atoms with Crippen molar-refractivity contribution in [3.8, 4) is 17.6 Å². The standard InChI is InChI=1S/C29H28F5N3O3/c1-40-21-4-5-25-22(15-21)26(19(16-30)17-35-25)23(32)6-7-29(28(38)36-39)8-11-37(12-9-29)10-2-3-18-13-20(31)14-24(33)27(18)34/h4-5,13-15,17,23,39H,6-12,16H2,1H3,(H,36,38)/t23-/m1/s1. The highest BCUT2D eigenvalue weighted by atomic mass is 19.2. The zero-order chi connectivity index (χ0) is 28.9. The predicted octanol–water partition coefficient (Wildman–Crippen LogP) is 5.56. The lowest BCUT2D eigenvalue weighted by molar-refractivity contribution is -0.143. The number of methoxy groups -OCH3 is 1. The van der Waals surface area contributed by atoms with E-state index in [4.69, 9.17) is 4.74 Å². The zero-order valence-corrected chi connectivity index (χ0v) is 21.7. The number of benzene rings is 2. The van der Waals surface area contributed by atoms with E-state index in [0.29, 0.717) is 35.8 Å². The number of pyridine rings is 1. The summed E-state index contributed by atoms with van der Waals surface area (Å²) in [4.78, 5) is 18.8. The molecule has 2 heterocycles. The number of nitrogens with zero attached hydrogens (tertiary/aromatic N) is 2. The Bertz CT molecular complexity index is 1440. The summed E-state index contributed by atoms with van der Waals surface area (Å²) in [6.07, 6.45) is 0.178. The Labute approximate surface area is 228 Å². The normalized spacial score (nSPS) is 15.8. The van der Waals surface area contributed by atoms with Gasteiger partial charge in [-0.3, -0.25) is 19.9 Å². The minimum Gasteiger partial charge on any atom is -0.497 e. The molecule has 2 N–H and O–H groups in total. The molecule has 6 nitrogen and oxygen atoms in total. The maximum absolute atomic E-state index is 15.8. The number of ether oxygens (including phenoxy) is 1. The summed E-state index contributed by atoms with van der Waals surface area (Å²) < 4.78 is 75.5. The molecule has 11 heteroatoms. The zero-order valence-electron chi connectivity index (χ0n) is 21.7. The molecule has 0 aliphatic carbocycles. The predicted molar refractivity (Wildman–Crippen MR) is 137 cm³/mol. The van der Waals surface area contributed by atoms with E-state index in [0.717, 1.165) is 6.07 Å². The van der Waals surface area contributed by atoms with Crippen molar-refractivity contribution in [2.45, 2.75) is 38.5 Å². The van der Waals surface area contributed by atoms with Crippen LogP contribution >= 0.6 is 0 Å². The van der Waals surface area contributed by atoms with Crippen LogP contribution in [0.3, 0.4) is 0 Å². The van der Waals surface area contributed by atoms with Gasteiger partial charge >= 0.3 is 0 Å². The molecule has 1 amide bonds. The van der Waals surface area contributed by atoms with Crippen molar-refractivity contribution in [3.05, 3.63) is 70.7 Å². The molecule has 1 aromatic heterocycles. The van der Waals surface area contributed by atoms with Crippen molar-refractivity contribution in [1.29, 1.82) is 0 Å². The molecule has 1 aliphatic heterocycles. The maximum atomic E-state index is 15.8. The van der Waals surface area contributed by atoms with Crippen molar-refractivity contribution in [1.82, 2.24) is 15.4 Å². The van der Waals surface area contributed by atoms with E-state index >= 15 is 4.39 Å². The smallest absolute Gasteiger partial charge is 0.249 e. The van der Waals surface area contributed by atoms with Gasteiger partial charge in [0.05, 0.1) is 30.1 Å². The molecule has 0 spiro atoms. The molecule has 1 saturated heterocycles. The van der Waals surface area contributed by atoms with Crippen LogP contribution in [0.2, 0.25) is 0 Å². The SMILES string of the molecule is COc1ccc2ncc(CF)c([C@H](F)CCC3(C(=O)NO)CCN(CC#Cc4cc(F)cc(F)c4F)CC3)c2c1. The highest BCUT2D eigenvalue weighted by Crippen LogP contribution is 2.41. The number of alkyl halides is 2. The van der Waals surface area contributed by atoms with E-state index in [1.54, 1.807) is 23.7 Å². The van der Waals surface area contributed by atoms with E-state index in [2.05, 4.69) is 16.8 Å². The number of hydroxylamine groups is 1. The number of hydrogen-bond donors (Lipinski definition) is 2. The first-order valence-corrected chi connectivity index (χ1v) is 12.7. The molecule has 0 bridgehead atoms. The van der Waals surface area contributed by atoms with Gasteiger partial charge in [-0.2, -0.15) is 0 Å². The van der Waals surface area contributed by atoms with Crippen LogP contribution in [0, 0.1) is 34.7 Å². The van der Waals surface area contributed by atoms with Gasteiger partial charge in [-0.15, -0.1) is 0 Å². The average Bonchev–Trinajstić information content (AvgIpc) is 2.97. The van der Waals surface area contributed by atoms with Gasteiger partial charge < -0.3 is 4.74 Å². The van der Waals surface area contributed by atoms with Crippen LogP contribution in [-0.4, -0.2) is 47.7 Å². The molecule has 0 saturated carbocycles. The lowest BCUT2D eigenvalue weighted by Gasteiger charge is -2.40. The first-order chi connectivity index (χ1) is 19.2. The molecule has 0 unspecified atom stereocenters. The fourth-order valence-corrected chi connectivity index (χ4v) is 5.13. The van der Waals surface area contributed by atoms with E-state index in [9.17, 15) is 27.6 Å². The Morgan fingerprint density at radius 3 is 2.65 bits per heavy atom. The van der Waals surface area contributed by atoms with Crippen molar-refractivity contribution < 1.29 is 36.7 Å². The number of fused-ring (bicyclic) bond motifs is 1. The quantitative estimate of drug-likeness (QED) is 0.124. The summed E-state index contributed by atoms with van der Waals surface area (Å²) in [5, 5.41) is 9.84. The second kappa shape index (κ2) is 12.6. The van der Waals surface area contributed by atoms with E-state index < -0.39 is 47.2 Å². The lowest BCUT2D eigenvalue weighted by atomic mass is 9.73. The van der Waals surface area contributed by atoms with Gasteiger partial charge in [0.15, 0.2) is 11.6 Å². The molecule has 3 aromatic rings. The van der Waals surface area contributed by atoms with Gasteiger partial charge in [-0.1, -0.05) is 11.8 Å². The number of piperidine rings is 1. The van der Waals surface area contributed by atoms with Crippen LogP contribution in [-0.2, 0) is 11.5 Å². The molecule has 40 heavy (non-hydrogen) atoms. The van der Waals surface area contributed by atoms with E-state index in [1.807, 2.05) is 4.90 Å². The molecular formula is C29H28F5N3O3. The van der Waals surface area contributed by atoms with Crippen LogP contribution in [0.1, 0.15) is 48.5 Å². The minimum atomic E-state index is -1.61. The minimum absolute atomic E-state index is 0.0768.